The average molecular weight is 374 g/mol. The second kappa shape index (κ2) is 6.30. The summed E-state index contributed by atoms with van der Waals surface area (Å²) in [5.74, 6) is -8.72. The molecule has 2 nitrogen and oxygen atoms in total. The van der Waals surface area contributed by atoms with Crippen LogP contribution in [0.25, 0.3) is 0 Å². The van der Waals surface area contributed by atoms with Crippen LogP contribution in [0.5, 0.6) is 0 Å². The molecule has 0 saturated carbocycles. The SMILES string of the molecule is CC(C)(C)[Si](C)(C)OC(CC(=O)C(F)(F)C(F)(F)F)C(F)(F)F. The molecule has 0 aromatic heterocycles. The van der Waals surface area contributed by atoms with Gasteiger partial charge in [0, 0.05) is 6.42 Å². The molecule has 0 fully saturated rings. The molecule has 0 aromatic rings. The molecule has 23 heavy (non-hydrogen) atoms. The number of carbonyl (C=O) groups is 1. The molecule has 0 heterocycles. The van der Waals surface area contributed by atoms with Crippen LogP contribution >= 0.6 is 0 Å². The van der Waals surface area contributed by atoms with E-state index in [2.05, 4.69) is 0 Å². The van der Waals surface area contributed by atoms with Crippen molar-refractivity contribution in [2.24, 2.45) is 0 Å². The highest BCUT2D eigenvalue weighted by atomic mass is 28.4. The molecule has 138 valence electrons. The van der Waals surface area contributed by atoms with Gasteiger partial charge in [-0.05, 0) is 18.1 Å². The molecule has 0 rings (SSSR count). The van der Waals surface area contributed by atoms with Crippen molar-refractivity contribution in [2.45, 2.75) is 69.7 Å². The summed E-state index contributed by atoms with van der Waals surface area (Å²) in [7, 11) is -3.15. The molecule has 0 N–H and O–H groups in total. The van der Waals surface area contributed by atoms with Crippen LogP contribution in [-0.4, -0.2) is 38.5 Å². The largest absolute Gasteiger partial charge is 0.461 e. The minimum atomic E-state index is -6.25. The van der Waals surface area contributed by atoms with Crippen molar-refractivity contribution in [3.63, 3.8) is 0 Å². The molecule has 0 spiro atoms. The third-order valence-electron chi connectivity index (χ3n) is 3.69. The monoisotopic (exact) mass is 374 g/mol. The Labute approximate surface area is 129 Å². The molecule has 0 aromatic carbocycles. The minimum absolute atomic E-state index is 0.758. The molecule has 0 bridgehead atoms. The van der Waals surface area contributed by atoms with Crippen LogP contribution in [0, 0.1) is 0 Å². The molecule has 1 unspecified atom stereocenters. The maximum atomic E-state index is 12.9. The highest BCUT2D eigenvalue weighted by Crippen LogP contribution is 2.42. The highest BCUT2D eigenvalue weighted by Gasteiger charge is 2.64. The number of rotatable bonds is 5. The number of halogens is 8. The van der Waals surface area contributed by atoms with E-state index in [4.69, 9.17) is 4.43 Å². The van der Waals surface area contributed by atoms with E-state index in [1.54, 1.807) is 20.8 Å². The van der Waals surface area contributed by atoms with Gasteiger partial charge in [0.2, 0.25) is 5.78 Å². The van der Waals surface area contributed by atoms with E-state index in [0.29, 0.717) is 0 Å². The second-order valence-corrected chi connectivity index (χ2v) is 11.4. The number of Topliss-reactive ketones (excluding diaryl/α,β-unsaturated/α-hetero) is 1. The Bertz CT molecular complexity index is 434. The molecular formula is C12H18F8O2Si. The zero-order chi connectivity index (χ0) is 19.1. The summed E-state index contributed by atoms with van der Waals surface area (Å²) in [6.07, 6.45) is -16.6. The van der Waals surface area contributed by atoms with Gasteiger partial charge in [0.15, 0.2) is 8.32 Å². The minimum Gasteiger partial charge on any atom is -0.405 e. The lowest BCUT2D eigenvalue weighted by Crippen LogP contribution is -2.51. The lowest BCUT2D eigenvalue weighted by molar-refractivity contribution is -0.271. The fraction of sp³-hybridized carbons (Fsp3) is 0.917. The zero-order valence-corrected chi connectivity index (χ0v) is 14.1. The van der Waals surface area contributed by atoms with Crippen molar-refractivity contribution in [1.29, 1.82) is 0 Å². The van der Waals surface area contributed by atoms with Crippen molar-refractivity contribution in [3.8, 4) is 0 Å². The van der Waals surface area contributed by atoms with Gasteiger partial charge in [-0.2, -0.15) is 35.1 Å². The Kier molecular flexibility index (Phi) is 6.11. The molecule has 0 amide bonds. The summed E-state index contributed by atoms with van der Waals surface area (Å²) < 4.78 is 105. The van der Waals surface area contributed by atoms with Gasteiger partial charge in [0.25, 0.3) is 0 Å². The number of ketones is 1. The van der Waals surface area contributed by atoms with E-state index in [0.717, 1.165) is 0 Å². The summed E-state index contributed by atoms with van der Waals surface area (Å²) in [6, 6.07) is 0. The first-order valence-corrected chi connectivity index (χ1v) is 9.36. The smallest absolute Gasteiger partial charge is 0.405 e. The third kappa shape index (κ3) is 5.40. The predicted octanol–water partition coefficient (Wildman–Crippen LogP) is 5.10. The lowest BCUT2D eigenvalue weighted by atomic mass is 10.1. The van der Waals surface area contributed by atoms with Crippen molar-refractivity contribution < 1.29 is 44.3 Å². The fourth-order valence-electron chi connectivity index (χ4n) is 1.21. The molecule has 0 saturated heterocycles. The fourth-order valence-corrected chi connectivity index (χ4v) is 2.49. The van der Waals surface area contributed by atoms with Gasteiger partial charge in [0.05, 0.1) is 0 Å². The van der Waals surface area contributed by atoms with Crippen molar-refractivity contribution in [2.75, 3.05) is 0 Å². The molecule has 0 aliphatic rings. The van der Waals surface area contributed by atoms with Crippen LogP contribution in [0.1, 0.15) is 27.2 Å². The van der Waals surface area contributed by atoms with E-state index in [1.807, 2.05) is 0 Å². The van der Waals surface area contributed by atoms with E-state index < -0.39 is 49.9 Å². The predicted molar refractivity (Wildman–Crippen MR) is 68.8 cm³/mol. The standard InChI is InChI=1S/C12H18F8O2Si/c1-9(2,3)23(4,5)22-8(11(15,16)17)6-7(21)10(13,14)12(18,19)20/h8H,6H2,1-5H3. The summed E-state index contributed by atoms with van der Waals surface area (Å²) >= 11 is 0. The quantitative estimate of drug-likeness (QED) is 0.495. The first-order valence-electron chi connectivity index (χ1n) is 6.46. The zero-order valence-electron chi connectivity index (χ0n) is 13.1. The third-order valence-corrected chi connectivity index (χ3v) is 8.17. The molecule has 0 aliphatic carbocycles. The Hall–Kier alpha value is -0.713. The Morgan fingerprint density at radius 3 is 1.61 bits per heavy atom. The topological polar surface area (TPSA) is 26.3 Å². The summed E-state index contributed by atoms with van der Waals surface area (Å²) in [6.45, 7) is 7.38. The maximum absolute atomic E-state index is 12.9. The van der Waals surface area contributed by atoms with Crippen LogP contribution in [0.4, 0.5) is 35.1 Å². The average Bonchev–Trinajstić information content (AvgIpc) is 2.22. The van der Waals surface area contributed by atoms with E-state index in [-0.39, 0.29) is 0 Å². The molecule has 0 aliphatic heterocycles. The van der Waals surface area contributed by atoms with Crippen molar-refractivity contribution in [1.82, 2.24) is 0 Å². The van der Waals surface area contributed by atoms with Crippen LogP contribution in [-0.2, 0) is 9.22 Å². The maximum Gasteiger partial charge on any atom is 0.461 e. The van der Waals surface area contributed by atoms with E-state index in [9.17, 15) is 39.9 Å². The van der Waals surface area contributed by atoms with Gasteiger partial charge < -0.3 is 4.43 Å². The van der Waals surface area contributed by atoms with E-state index in [1.165, 1.54) is 13.1 Å². The lowest BCUT2D eigenvalue weighted by Gasteiger charge is -2.39. The van der Waals surface area contributed by atoms with Gasteiger partial charge in [-0.3, -0.25) is 4.79 Å². The van der Waals surface area contributed by atoms with Crippen LogP contribution < -0.4 is 0 Å². The van der Waals surface area contributed by atoms with Gasteiger partial charge >= 0.3 is 18.3 Å². The first kappa shape index (κ1) is 22.3. The number of hydrogen-bond acceptors (Lipinski definition) is 2. The molecule has 1 atom stereocenters. The van der Waals surface area contributed by atoms with E-state index >= 15 is 0 Å². The van der Waals surface area contributed by atoms with Gasteiger partial charge in [0.1, 0.15) is 6.10 Å². The van der Waals surface area contributed by atoms with Crippen LogP contribution in [0.15, 0.2) is 0 Å². The van der Waals surface area contributed by atoms with Crippen molar-refractivity contribution in [3.05, 3.63) is 0 Å². The Balaban J connectivity index is 5.46. The van der Waals surface area contributed by atoms with Crippen molar-refractivity contribution >= 4 is 14.1 Å². The van der Waals surface area contributed by atoms with Gasteiger partial charge in [-0.15, -0.1) is 0 Å². The summed E-state index contributed by atoms with van der Waals surface area (Å²) in [5.41, 5.74) is 0. The van der Waals surface area contributed by atoms with Crippen LogP contribution in [0.3, 0.4) is 0 Å². The summed E-state index contributed by atoms with van der Waals surface area (Å²) in [4.78, 5) is 11.1. The number of hydrogen-bond donors (Lipinski definition) is 0. The highest BCUT2D eigenvalue weighted by molar-refractivity contribution is 6.74. The number of alkyl halides is 8. The second-order valence-electron chi connectivity index (χ2n) is 6.61. The van der Waals surface area contributed by atoms with Gasteiger partial charge in [-0.25, -0.2) is 0 Å². The summed E-state index contributed by atoms with van der Waals surface area (Å²) in [5, 5.41) is -0.758. The molecular weight excluding hydrogens is 356 g/mol. The normalized spacial score (nSPS) is 16.4. The molecule has 0 radical (unpaired) electrons. The van der Waals surface area contributed by atoms with Crippen LogP contribution in [0.2, 0.25) is 18.1 Å². The molecule has 11 heteroatoms. The number of carbonyl (C=O) groups excluding carboxylic acids is 1. The Morgan fingerprint density at radius 2 is 1.35 bits per heavy atom. The first-order chi connectivity index (χ1) is 9.73. The van der Waals surface area contributed by atoms with Gasteiger partial charge in [-0.1, -0.05) is 20.8 Å². The Morgan fingerprint density at radius 1 is 0.957 bits per heavy atom.